The molecule has 88 valence electrons. The first-order valence-electron chi connectivity index (χ1n) is 4.41. The largest absolute Gasteiger partial charge is 0.465 e. The molecule has 0 aliphatic carbocycles. The minimum Gasteiger partial charge on any atom is -0.465 e. The van der Waals surface area contributed by atoms with Gasteiger partial charge in [0.1, 0.15) is 17.2 Å². The maximum Gasteiger partial charge on any atom is 0.345 e. The molecule has 0 heterocycles. The van der Waals surface area contributed by atoms with Crippen LogP contribution in [0.15, 0.2) is 12.1 Å². The van der Waals surface area contributed by atoms with Gasteiger partial charge in [0.05, 0.1) is 12.0 Å². The normalized spacial score (nSPS) is 9.47. The van der Waals surface area contributed by atoms with Crippen molar-refractivity contribution in [3.63, 3.8) is 0 Å². The Morgan fingerprint density at radius 1 is 1.65 bits per heavy atom. The van der Waals surface area contributed by atoms with Crippen molar-refractivity contribution < 1.29 is 14.5 Å². The predicted octanol–water partition coefficient (Wildman–Crippen LogP) is 1.99. The van der Waals surface area contributed by atoms with E-state index >= 15 is 0 Å². The van der Waals surface area contributed by atoms with Crippen molar-refractivity contribution in [1.29, 1.82) is 5.26 Å². The Hall–Kier alpha value is -2.13. The number of hydrogen-bond acceptors (Lipinski definition) is 5. The lowest BCUT2D eigenvalue weighted by molar-refractivity contribution is -0.385. The standard InChI is InChI=1S/C10H7ClN2O4/c1-17-10(14)8-6(4-11)2-3-7(5-12)9(8)13(15)16/h2-3H,4H2,1H3. The maximum absolute atomic E-state index is 11.5. The summed E-state index contributed by atoms with van der Waals surface area (Å²) in [4.78, 5) is 21.6. The number of esters is 1. The number of nitrogens with zero attached hydrogens (tertiary/aromatic N) is 2. The fraction of sp³-hybridized carbons (Fsp3) is 0.200. The van der Waals surface area contributed by atoms with E-state index in [-0.39, 0.29) is 22.6 Å². The van der Waals surface area contributed by atoms with Gasteiger partial charge in [-0.3, -0.25) is 10.1 Å². The van der Waals surface area contributed by atoms with Crippen LogP contribution in [0.4, 0.5) is 5.69 Å². The number of rotatable bonds is 3. The molecule has 17 heavy (non-hydrogen) atoms. The molecule has 1 aromatic carbocycles. The van der Waals surface area contributed by atoms with Crippen LogP contribution in [0.25, 0.3) is 0 Å². The Labute approximate surface area is 102 Å². The molecular weight excluding hydrogens is 248 g/mol. The number of carbonyl (C=O) groups is 1. The van der Waals surface area contributed by atoms with Gasteiger partial charge in [0.2, 0.25) is 0 Å². The number of carbonyl (C=O) groups excluding carboxylic acids is 1. The van der Waals surface area contributed by atoms with Crippen molar-refractivity contribution in [3.05, 3.63) is 38.9 Å². The summed E-state index contributed by atoms with van der Waals surface area (Å²) in [5, 5.41) is 19.7. The van der Waals surface area contributed by atoms with Gasteiger partial charge < -0.3 is 4.74 Å². The van der Waals surface area contributed by atoms with Crippen LogP contribution in [-0.2, 0) is 10.6 Å². The van der Waals surface area contributed by atoms with Crippen molar-refractivity contribution in [2.45, 2.75) is 5.88 Å². The second-order valence-electron chi connectivity index (χ2n) is 2.99. The van der Waals surface area contributed by atoms with E-state index in [2.05, 4.69) is 4.74 Å². The van der Waals surface area contributed by atoms with Crippen molar-refractivity contribution in [2.24, 2.45) is 0 Å². The summed E-state index contributed by atoms with van der Waals surface area (Å²) in [6.45, 7) is 0. The molecule has 0 saturated heterocycles. The number of nitriles is 1. The average molecular weight is 255 g/mol. The zero-order chi connectivity index (χ0) is 13.0. The topological polar surface area (TPSA) is 93.2 Å². The highest BCUT2D eigenvalue weighted by Crippen LogP contribution is 2.28. The van der Waals surface area contributed by atoms with Crippen LogP contribution in [0.2, 0.25) is 0 Å². The smallest absolute Gasteiger partial charge is 0.345 e. The molecule has 0 radical (unpaired) electrons. The lowest BCUT2D eigenvalue weighted by atomic mass is 10.0. The SMILES string of the molecule is COC(=O)c1c(CCl)ccc(C#N)c1[N+](=O)[O-]. The fourth-order valence-electron chi connectivity index (χ4n) is 1.35. The first kappa shape index (κ1) is 12.9. The van der Waals surface area contributed by atoms with Crippen LogP contribution in [0, 0.1) is 21.4 Å². The average Bonchev–Trinajstić information content (AvgIpc) is 2.35. The van der Waals surface area contributed by atoms with E-state index in [1.807, 2.05) is 0 Å². The van der Waals surface area contributed by atoms with Gasteiger partial charge in [-0.1, -0.05) is 6.07 Å². The minimum atomic E-state index is -0.885. The van der Waals surface area contributed by atoms with Gasteiger partial charge in [0.15, 0.2) is 0 Å². The summed E-state index contributed by atoms with van der Waals surface area (Å²) >= 11 is 5.59. The number of nitro groups is 1. The number of halogens is 1. The van der Waals surface area contributed by atoms with E-state index in [1.165, 1.54) is 12.1 Å². The van der Waals surface area contributed by atoms with Gasteiger partial charge in [-0.25, -0.2) is 4.79 Å². The Bertz CT molecular complexity index is 522. The molecular formula is C10H7ClN2O4. The summed E-state index contributed by atoms with van der Waals surface area (Å²) in [5.41, 5.74) is -0.794. The van der Waals surface area contributed by atoms with E-state index in [4.69, 9.17) is 16.9 Å². The zero-order valence-corrected chi connectivity index (χ0v) is 9.52. The minimum absolute atomic E-state index is 0.0863. The molecule has 0 aliphatic heterocycles. The van der Waals surface area contributed by atoms with Gasteiger partial charge >= 0.3 is 11.7 Å². The van der Waals surface area contributed by atoms with Crippen molar-refractivity contribution in [2.75, 3.05) is 7.11 Å². The summed E-state index contributed by atoms with van der Waals surface area (Å²) in [5.74, 6) is -0.971. The third kappa shape index (κ3) is 2.34. The third-order valence-electron chi connectivity index (χ3n) is 2.10. The number of alkyl halides is 1. The maximum atomic E-state index is 11.5. The Kier molecular flexibility index (Phi) is 4.01. The van der Waals surface area contributed by atoms with Crippen LogP contribution in [0.3, 0.4) is 0 Å². The van der Waals surface area contributed by atoms with Crippen molar-refractivity contribution >= 4 is 23.3 Å². The molecule has 0 spiro atoms. The zero-order valence-electron chi connectivity index (χ0n) is 8.77. The summed E-state index contributed by atoms with van der Waals surface area (Å²) < 4.78 is 4.46. The van der Waals surface area contributed by atoms with Gasteiger partial charge in [0.25, 0.3) is 0 Å². The number of methoxy groups -OCH3 is 1. The molecule has 0 aliphatic rings. The molecule has 0 amide bonds. The van der Waals surface area contributed by atoms with E-state index in [9.17, 15) is 14.9 Å². The number of ether oxygens (including phenoxy) is 1. The van der Waals surface area contributed by atoms with Crippen LogP contribution in [0.1, 0.15) is 21.5 Å². The first-order valence-corrected chi connectivity index (χ1v) is 4.94. The molecule has 1 aromatic rings. The molecule has 0 atom stereocenters. The molecule has 0 aromatic heterocycles. The van der Waals surface area contributed by atoms with Crippen LogP contribution >= 0.6 is 11.6 Å². The number of benzene rings is 1. The lowest BCUT2D eigenvalue weighted by Gasteiger charge is -2.06. The summed E-state index contributed by atoms with van der Waals surface area (Å²) in [6.07, 6.45) is 0. The van der Waals surface area contributed by atoms with Crippen LogP contribution < -0.4 is 0 Å². The predicted molar refractivity (Wildman–Crippen MR) is 58.7 cm³/mol. The summed E-state index contributed by atoms with van der Waals surface area (Å²) in [6, 6.07) is 4.30. The monoisotopic (exact) mass is 254 g/mol. The molecule has 0 unspecified atom stereocenters. The Morgan fingerprint density at radius 3 is 2.71 bits per heavy atom. The van der Waals surface area contributed by atoms with Crippen molar-refractivity contribution in [1.82, 2.24) is 0 Å². The molecule has 0 fully saturated rings. The second kappa shape index (κ2) is 5.27. The molecule has 1 rings (SSSR count). The molecule has 0 saturated carbocycles. The van der Waals surface area contributed by atoms with Crippen molar-refractivity contribution in [3.8, 4) is 6.07 Å². The summed E-state index contributed by atoms with van der Waals surface area (Å²) in [7, 11) is 1.10. The highest BCUT2D eigenvalue weighted by Gasteiger charge is 2.28. The fourth-order valence-corrected chi connectivity index (χ4v) is 1.58. The third-order valence-corrected chi connectivity index (χ3v) is 2.39. The van der Waals surface area contributed by atoms with Gasteiger partial charge in [-0.2, -0.15) is 5.26 Å². The molecule has 0 bridgehead atoms. The first-order chi connectivity index (χ1) is 8.06. The molecule has 0 N–H and O–H groups in total. The van der Waals surface area contributed by atoms with Crippen LogP contribution in [-0.4, -0.2) is 18.0 Å². The van der Waals surface area contributed by atoms with E-state index in [0.29, 0.717) is 0 Å². The Morgan fingerprint density at radius 2 is 2.29 bits per heavy atom. The second-order valence-corrected chi connectivity index (χ2v) is 3.26. The quantitative estimate of drug-likeness (QED) is 0.356. The van der Waals surface area contributed by atoms with Crippen LogP contribution in [0.5, 0.6) is 0 Å². The van der Waals surface area contributed by atoms with E-state index < -0.39 is 16.6 Å². The highest BCUT2D eigenvalue weighted by atomic mass is 35.5. The number of hydrogen-bond donors (Lipinski definition) is 0. The van der Waals surface area contributed by atoms with E-state index in [1.54, 1.807) is 6.07 Å². The Balaban J connectivity index is 3.65. The van der Waals surface area contributed by atoms with Gasteiger partial charge in [0, 0.05) is 5.88 Å². The molecule has 7 heteroatoms. The highest BCUT2D eigenvalue weighted by molar-refractivity contribution is 6.18. The van der Waals surface area contributed by atoms with E-state index in [0.717, 1.165) is 7.11 Å². The van der Waals surface area contributed by atoms with Gasteiger partial charge in [-0.05, 0) is 11.6 Å². The lowest BCUT2D eigenvalue weighted by Crippen LogP contribution is -2.10. The number of nitro benzene ring substituents is 1. The molecule has 6 nitrogen and oxygen atoms in total. The van der Waals surface area contributed by atoms with Gasteiger partial charge in [-0.15, -0.1) is 11.6 Å².